The highest BCUT2D eigenvalue weighted by Crippen LogP contribution is 2.35. The number of carboxylic acids is 1. The van der Waals surface area contributed by atoms with Crippen LogP contribution in [0.5, 0.6) is 11.5 Å². The van der Waals surface area contributed by atoms with E-state index >= 15 is 0 Å². The Morgan fingerprint density at radius 3 is 2.55 bits per heavy atom. The monoisotopic (exact) mass is 526 g/mol. The first-order valence-corrected chi connectivity index (χ1v) is 11.2. The molecule has 0 aliphatic heterocycles. The van der Waals surface area contributed by atoms with Gasteiger partial charge in [-0.25, -0.2) is 4.79 Å². The van der Waals surface area contributed by atoms with Crippen molar-refractivity contribution in [3.63, 3.8) is 0 Å². The minimum atomic E-state index is -1.05. The van der Waals surface area contributed by atoms with Crippen molar-refractivity contribution in [2.24, 2.45) is 0 Å². The highest BCUT2D eigenvalue weighted by atomic mass is 79.9. The van der Waals surface area contributed by atoms with Gasteiger partial charge in [-0.05, 0) is 48.0 Å². The van der Waals surface area contributed by atoms with E-state index in [1.165, 1.54) is 0 Å². The fourth-order valence-electron chi connectivity index (χ4n) is 3.48. The van der Waals surface area contributed by atoms with Crippen LogP contribution in [0.4, 0.5) is 0 Å². The number of aliphatic carboxylic acids is 1. The molecule has 0 radical (unpaired) electrons. The van der Waals surface area contributed by atoms with E-state index < -0.39 is 12.6 Å². The quantitative estimate of drug-likeness (QED) is 0.297. The lowest BCUT2D eigenvalue weighted by Crippen LogP contribution is -2.10. The van der Waals surface area contributed by atoms with Gasteiger partial charge in [-0.15, -0.1) is 0 Å². The molecule has 8 heteroatoms. The van der Waals surface area contributed by atoms with E-state index in [4.69, 9.17) is 31.3 Å². The fraction of sp³-hybridized carbons (Fsp3) is 0.120. The number of aromatic nitrogens is 2. The molecular weight excluding hydrogens is 508 g/mol. The van der Waals surface area contributed by atoms with E-state index in [1.807, 2.05) is 65.3 Å². The minimum absolute atomic E-state index is 0.435. The Morgan fingerprint density at radius 2 is 1.82 bits per heavy atom. The summed E-state index contributed by atoms with van der Waals surface area (Å²) in [6, 6.07) is 22.6. The van der Waals surface area contributed by atoms with Gasteiger partial charge in [-0.1, -0.05) is 57.9 Å². The second-order valence-electron chi connectivity index (χ2n) is 7.21. The lowest BCUT2D eigenvalue weighted by molar-refractivity contribution is -0.139. The zero-order valence-corrected chi connectivity index (χ0v) is 20.0. The Morgan fingerprint density at radius 1 is 1.06 bits per heavy atom. The van der Waals surface area contributed by atoms with Crippen LogP contribution in [-0.2, 0) is 11.3 Å². The number of carboxylic acid groups (broad SMARTS) is 1. The van der Waals surface area contributed by atoms with Crippen molar-refractivity contribution in [2.75, 3.05) is 13.7 Å². The number of halogens is 2. The van der Waals surface area contributed by atoms with Crippen LogP contribution < -0.4 is 9.47 Å². The highest BCUT2D eigenvalue weighted by molar-refractivity contribution is 9.10. The summed E-state index contributed by atoms with van der Waals surface area (Å²) in [6.07, 6.45) is 0. The summed E-state index contributed by atoms with van der Waals surface area (Å²) in [6.45, 7) is 0.0297. The largest absolute Gasteiger partial charge is 0.496 e. The normalized spacial score (nSPS) is 10.8. The average Bonchev–Trinajstić information content (AvgIpc) is 3.22. The van der Waals surface area contributed by atoms with Gasteiger partial charge in [-0.2, -0.15) is 5.10 Å². The van der Waals surface area contributed by atoms with Crippen molar-refractivity contribution in [3.05, 3.63) is 87.9 Å². The molecule has 168 valence electrons. The summed E-state index contributed by atoms with van der Waals surface area (Å²) in [4.78, 5) is 11.0. The summed E-state index contributed by atoms with van der Waals surface area (Å²) in [5.74, 6) is 0.155. The Labute approximate surface area is 204 Å². The third-order valence-corrected chi connectivity index (χ3v) is 5.75. The van der Waals surface area contributed by atoms with E-state index in [2.05, 4.69) is 15.9 Å². The first-order valence-electron chi connectivity index (χ1n) is 10.0. The van der Waals surface area contributed by atoms with Gasteiger partial charge in [0.15, 0.2) is 6.61 Å². The zero-order chi connectivity index (χ0) is 23.4. The summed E-state index contributed by atoms with van der Waals surface area (Å²) >= 11 is 9.59. The van der Waals surface area contributed by atoms with Crippen LogP contribution in [0, 0.1) is 0 Å². The molecule has 0 saturated heterocycles. The SMILES string of the molecule is COc1ccccc1Cn1nc(-c2cc(Br)ccc2OCC(=O)O)cc1-c1ccc(Cl)cc1. The summed E-state index contributed by atoms with van der Waals surface area (Å²) in [7, 11) is 1.64. The highest BCUT2D eigenvalue weighted by Gasteiger charge is 2.17. The lowest BCUT2D eigenvalue weighted by Gasteiger charge is -2.11. The second-order valence-corrected chi connectivity index (χ2v) is 8.57. The molecule has 4 aromatic rings. The van der Waals surface area contributed by atoms with Gasteiger partial charge in [0.25, 0.3) is 0 Å². The number of ether oxygens (including phenoxy) is 2. The predicted octanol–water partition coefficient (Wildman–Crippen LogP) is 6.15. The van der Waals surface area contributed by atoms with E-state index in [-0.39, 0.29) is 0 Å². The van der Waals surface area contributed by atoms with Crippen LogP contribution in [-0.4, -0.2) is 34.6 Å². The number of carbonyl (C=O) groups is 1. The molecule has 6 nitrogen and oxygen atoms in total. The zero-order valence-electron chi connectivity index (χ0n) is 17.7. The van der Waals surface area contributed by atoms with Crippen molar-refractivity contribution in [1.29, 1.82) is 0 Å². The third kappa shape index (κ3) is 5.38. The molecular formula is C25H20BrClN2O4. The molecule has 1 aromatic heterocycles. The van der Waals surface area contributed by atoms with E-state index in [0.29, 0.717) is 28.6 Å². The van der Waals surface area contributed by atoms with Gasteiger partial charge >= 0.3 is 5.97 Å². The van der Waals surface area contributed by atoms with Crippen LogP contribution >= 0.6 is 27.5 Å². The number of hydrogen-bond acceptors (Lipinski definition) is 4. The molecule has 33 heavy (non-hydrogen) atoms. The minimum Gasteiger partial charge on any atom is -0.496 e. The van der Waals surface area contributed by atoms with Crippen molar-refractivity contribution < 1.29 is 19.4 Å². The van der Waals surface area contributed by atoms with E-state index in [1.54, 1.807) is 19.2 Å². The van der Waals surface area contributed by atoms with Crippen molar-refractivity contribution in [1.82, 2.24) is 9.78 Å². The number of nitrogens with zero attached hydrogens (tertiary/aromatic N) is 2. The van der Waals surface area contributed by atoms with Gasteiger partial charge in [0, 0.05) is 20.6 Å². The maximum absolute atomic E-state index is 11.0. The van der Waals surface area contributed by atoms with Gasteiger partial charge in [0.2, 0.25) is 0 Å². The lowest BCUT2D eigenvalue weighted by atomic mass is 10.1. The van der Waals surface area contributed by atoms with E-state index in [0.717, 1.165) is 27.0 Å². The van der Waals surface area contributed by atoms with Crippen molar-refractivity contribution in [3.8, 4) is 34.0 Å². The topological polar surface area (TPSA) is 73.6 Å². The Hall–Kier alpha value is -3.29. The Kier molecular flexibility index (Phi) is 7.01. The third-order valence-electron chi connectivity index (χ3n) is 5.00. The van der Waals surface area contributed by atoms with Crippen molar-refractivity contribution >= 4 is 33.5 Å². The molecule has 0 bridgehead atoms. The van der Waals surface area contributed by atoms with Crippen LogP contribution in [0.25, 0.3) is 22.5 Å². The average molecular weight is 528 g/mol. The molecule has 0 aliphatic rings. The van der Waals surface area contributed by atoms with Gasteiger partial charge in [0.1, 0.15) is 11.5 Å². The molecule has 0 aliphatic carbocycles. The Balaban J connectivity index is 1.83. The van der Waals surface area contributed by atoms with Gasteiger partial charge in [0.05, 0.1) is 25.0 Å². The van der Waals surface area contributed by atoms with E-state index in [9.17, 15) is 4.79 Å². The number of methoxy groups -OCH3 is 1. The maximum atomic E-state index is 11.0. The van der Waals surface area contributed by atoms with Gasteiger partial charge < -0.3 is 14.6 Å². The number of benzene rings is 3. The molecule has 0 fully saturated rings. The maximum Gasteiger partial charge on any atom is 0.341 e. The van der Waals surface area contributed by atoms with Crippen LogP contribution in [0.1, 0.15) is 5.56 Å². The summed E-state index contributed by atoms with van der Waals surface area (Å²) in [5, 5.41) is 14.6. The second kappa shape index (κ2) is 10.1. The molecule has 0 amide bonds. The molecule has 1 N–H and O–H groups in total. The molecule has 0 saturated carbocycles. The van der Waals surface area contributed by atoms with Crippen molar-refractivity contribution in [2.45, 2.75) is 6.54 Å². The number of rotatable bonds is 8. The smallest absolute Gasteiger partial charge is 0.341 e. The molecule has 3 aromatic carbocycles. The first kappa shape index (κ1) is 22.9. The predicted molar refractivity (Wildman–Crippen MR) is 131 cm³/mol. The number of para-hydroxylation sites is 1. The molecule has 4 rings (SSSR count). The number of hydrogen-bond donors (Lipinski definition) is 1. The molecule has 0 unspecified atom stereocenters. The Bertz CT molecular complexity index is 1290. The fourth-order valence-corrected chi connectivity index (χ4v) is 3.97. The standard InChI is InChI=1S/C25H20BrClN2O4/c1-32-23-5-3-2-4-17(23)14-29-22(16-6-9-19(27)10-7-16)13-21(28-29)20-12-18(26)8-11-24(20)33-15-25(30)31/h2-13H,14-15H2,1H3,(H,30,31). The van der Waals surface area contributed by atoms with Gasteiger partial charge in [-0.3, -0.25) is 4.68 Å². The summed E-state index contributed by atoms with van der Waals surface area (Å²) < 4.78 is 13.8. The first-order chi connectivity index (χ1) is 15.9. The molecule has 0 atom stereocenters. The van der Waals surface area contributed by atoms with Crippen LogP contribution in [0.15, 0.2) is 77.3 Å². The molecule has 0 spiro atoms. The summed E-state index contributed by atoms with van der Waals surface area (Å²) in [5.41, 5.74) is 4.12. The van der Waals surface area contributed by atoms with Crippen LogP contribution in [0.3, 0.4) is 0 Å². The molecule has 1 heterocycles. The van der Waals surface area contributed by atoms with Crippen LogP contribution in [0.2, 0.25) is 5.02 Å².